The number of carbonyl (C=O) groups excluding carboxylic acids is 1. The average molecular weight is 182 g/mol. The number of hydrogen-bond donors (Lipinski definition) is 1. The van der Waals surface area contributed by atoms with E-state index >= 15 is 0 Å². The molecule has 0 aromatic heterocycles. The van der Waals surface area contributed by atoms with Gasteiger partial charge in [0.15, 0.2) is 11.6 Å². The Kier molecular flexibility index (Phi) is 2.24. The standard InChI is InChI=1S/C8H4F2N2O/c9-6-1-4(3-11)5(8(12)13)2-7(6)10/h1-2H,(H2,12,13). The molecule has 0 aliphatic heterocycles. The fourth-order valence-corrected chi connectivity index (χ4v) is 0.843. The van der Waals surface area contributed by atoms with E-state index in [-0.39, 0.29) is 11.1 Å². The number of halogens is 2. The Morgan fingerprint density at radius 3 is 2.38 bits per heavy atom. The highest BCUT2D eigenvalue weighted by Crippen LogP contribution is 2.13. The van der Waals surface area contributed by atoms with E-state index in [9.17, 15) is 13.6 Å². The van der Waals surface area contributed by atoms with E-state index in [1.165, 1.54) is 6.07 Å². The summed E-state index contributed by atoms with van der Waals surface area (Å²) in [6.07, 6.45) is 0. The Morgan fingerprint density at radius 1 is 1.38 bits per heavy atom. The second-order valence-corrected chi connectivity index (χ2v) is 2.29. The normalized spacial score (nSPS) is 9.31. The molecule has 0 heterocycles. The van der Waals surface area contributed by atoms with Gasteiger partial charge in [-0.15, -0.1) is 0 Å². The van der Waals surface area contributed by atoms with Crippen LogP contribution in [0.4, 0.5) is 8.78 Å². The van der Waals surface area contributed by atoms with E-state index in [1.807, 2.05) is 0 Å². The number of hydrogen-bond acceptors (Lipinski definition) is 2. The second kappa shape index (κ2) is 3.19. The van der Waals surface area contributed by atoms with Crippen molar-refractivity contribution in [2.24, 2.45) is 5.73 Å². The van der Waals surface area contributed by atoms with E-state index < -0.39 is 17.5 Å². The Hall–Kier alpha value is -1.96. The summed E-state index contributed by atoms with van der Waals surface area (Å²) in [7, 11) is 0. The lowest BCUT2D eigenvalue weighted by atomic mass is 10.1. The van der Waals surface area contributed by atoms with Crippen LogP contribution in [0.3, 0.4) is 0 Å². The van der Waals surface area contributed by atoms with Gasteiger partial charge in [0.05, 0.1) is 11.1 Å². The first-order chi connectivity index (χ1) is 6.06. The third kappa shape index (κ3) is 1.62. The fourth-order valence-electron chi connectivity index (χ4n) is 0.843. The number of nitrogens with two attached hydrogens (primary N) is 1. The first kappa shape index (κ1) is 9.13. The molecule has 0 atom stereocenters. The van der Waals surface area contributed by atoms with Gasteiger partial charge in [0.1, 0.15) is 6.07 Å². The van der Waals surface area contributed by atoms with Crippen LogP contribution in [0.1, 0.15) is 15.9 Å². The summed E-state index contributed by atoms with van der Waals surface area (Å²) >= 11 is 0. The lowest BCUT2D eigenvalue weighted by molar-refractivity contribution is 0.0999. The quantitative estimate of drug-likeness (QED) is 0.702. The van der Waals surface area contributed by atoms with Crippen LogP contribution in [0, 0.1) is 23.0 Å². The van der Waals surface area contributed by atoms with Gasteiger partial charge >= 0.3 is 0 Å². The minimum absolute atomic E-state index is 0.272. The number of primary amides is 1. The van der Waals surface area contributed by atoms with Gasteiger partial charge in [-0.3, -0.25) is 4.79 Å². The Balaban J connectivity index is 3.44. The maximum atomic E-state index is 12.6. The summed E-state index contributed by atoms with van der Waals surface area (Å²) in [6.45, 7) is 0. The maximum absolute atomic E-state index is 12.6. The number of carbonyl (C=O) groups is 1. The zero-order valence-electron chi connectivity index (χ0n) is 6.34. The molecule has 0 aliphatic carbocycles. The van der Waals surface area contributed by atoms with Gasteiger partial charge in [-0.2, -0.15) is 5.26 Å². The van der Waals surface area contributed by atoms with Crippen LogP contribution in [0.15, 0.2) is 12.1 Å². The van der Waals surface area contributed by atoms with Crippen LogP contribution in [-0.2, 0) is 0 Å². The van der Waals surface area contributed by atoms with Crippen molar-refractivity contribution >= 4 is 5.91 Å². The molecule has 0 radical (unpaired) electrons. The van der Waals surface area contributed by atoms with Gasteiger partial charge in [-0.1, -0.05) is 0 Å². The zero-order chi connectivity index (χ0) is 10.0. The number of amides is 1. The Labute approximate surface area is 72.4 Å². The van der Waals surface area contributed by atoms with E-state index in [0.29, 0.717) is 12.1 Å². The number of benzene rings is 1. The van der Waals surface area contributed by atoms with Crippen LogP contribution >= 0.6 is 0 Å². The van der Waals surface area contributed by atoms with E-state index in [1.54, 1.807) is 0 Å². The highest BCUT2D eigenvalue weighted by Gasteiger charge is 2.12. The number of nitrogens with zero attached hydrogens (tertiary/aromatic N) is 1. The van der Waals surface area contributed by atoms with Crippen LogP contribution in [0.5, 0.6) is 0 Å². The monoisotopic (exact) mass is 182 g/mol. The summed E-state index contributed by atoms with van der Waals surface area (Å²) in [4.78, 5) is 10.6. The van der Waals surface area contributed by atoms with Crippen molar-refractivity contribution < 1.29 is 13.6 Å². The van der Waals surface area contributed by atoms with Crippen molar-refractivity contribution in [3.8, 4) is 6.07 Å². The molecule has 0 aliphatic rings. The van der Waals surface area contributed by atoms with Crippen LogP contribution < -0.4 is 5.73 Å². The van der Waals surface area contributed by atoms with Crippen molar-refractivity contribution in [2.45, 2.75) is 0 Å². The van der Waals surface area contributed by atoms with Gasteiger partial charge in [-0.25, -0.2) is 8.78 Å². The largest absolute Gasteiger partial charge is 0.366 e. The predicted octanol–water partition coefficient (Wildman–Crippen LogP) is 0.935. The first-order valence-electron chi connectivity index (χ1n) is 3.25. The SMILES string of the molecule is N#Cc1cc(F)c(F)cc1C(N)=O. The summed E-state index contributed by atoms with van der Waals surface area (Å²) in [5.41, 5.74) is 4.24. The van der Waals surface area contributed by atoms with Gasteiger partial charge in [0.25, 0.3) is 0 Å². The average Bonchev–Trinajstić information content (AvgIpc) is 2.08. The highest BCUT2D eigenvalue weighted by atomic mass is 19.2. The third-order valence-electron chi connectivity index (χ3n) is 1.45. The molecule has 1 aromatic carbocycles. The molecule has 13 heavy (non-hydrogen) atoms. The number of rotatable bonds is 1. The molecular weight excluding hydrogens is 178 g/mol. The van der Waals surface area contributed by atoms with Crippen molar-refractivity contribution in [1.29, 1.82) is 5.26 Å². The molecule has 2 N–H and O–H groups in total. The van der Waals surface area contributed by atoms with Crippen LogP contribution in [0.2, 0.25) is 0 Å². The molecular formula is C8H4F2N2O. The first-order valence-corrected chi connectivity index (χ1v) is 3.25. The zero-order valence-corrected chi connectivity index (χ0v) is 6.34. The smallest absolute Gasteiger partial charge is 0.250 e. The molecule has 0 saturated heterocycles. The van der Waals surface area contributed by atoms with Gasteiger partial charge < -0.3 is 5.73 Å². The minimum atomic E-state index is -1.20. The Morgan fingerprint density at radius 2 is 1.92 bits per heavy atom. The van der Waals surface area contributed by atoms with Gasteiger partial charge in [-0.05, 0) is 12.1 Å². The topological polar surface area (TPSA) is 66.9 Å². The highest BCUT2D eigenvalue weighted by molar-refractivity contribution is 5.95. The molecule has 3 nitrogen and oxygen atoms in total. The molecule has 0 unspecified atom stereocenters. The lowest BCUT2D eigenvalue weighted by Crippen LogP contribution is -2.13. The predicted molar refractivity (Wildman–Crippen MR) is 39.6 cm³/mol. The molecule has 0 saturated carbocycles. The molecule has 66 valence electrons. The maximum Gasteiger partial charge on any atom is 0.250 e. The van der Waals surface area contributed by atoms with Crippen molar-refractivity contribution in [3.05, 3.63) is 34.9 Å². The molecule has 1 rings (SSSR count). The van der Waals surface area contributed by atoms with Gasteiger partial charge in [0, 0.05) is 0 Å². The van der Waals surface area contributed by atoms with E-state index in [4.69, 9.17) is 11.0 Å². The Bertz CT molecular complexity index is 409. The summed E-state index contributed by atoms with van der Waals surface area (Å²) in [6, 6.07) is 2.78. The summed E-state index contributed by atoms with van der Waals surface area (Å²) in [5, 5.41) is 8.44. The second-order valence-electron chi connectivity index (χ2n) is 2.29. The lowest BCUT2D eigenvalue weighted by Gasteiger charge is -1.99. The third-order valence-corrected chi connectivity index (χ3v) is 1.45. The molecule has 1 aromatic rings. The molecule has 0 spiro atoms. The van der Waals surface area contributed by atoms with Crippen LogP contribution in [-0.4, -0.2) is 5.91 Å². The van der Waals surface area contributed by atoms with Crippen molar-refractivity contribution in [2.75, 3.05) is 0 Å². The van der Waals surface area contributed by atoms with Crippen molar-refractivity contribution in [3.63, 3.8) is 0 Å². The fraction of sp³-hybridized carbons (Fsp3) is 0. The van der Waals surface area contributed by atoms with Crippen LogP contribution in [0.25, 0.3) is 0 Å². The van der Waals surface area contributed by atoms with E-state index in [2.05, 4.69) is 0 Å². The van der Waals surface area contributed by atoms with Gasteiger partial charge in [0.2, 0.25) is 5.91 Å². The molecule has 5 heteroatoms. The number of nitriles is 1. The van der Waals surface area contributed by atoms with Crippen molar-refractivity contribution in [1.82, 2.24) is 0 Å². The molecule has 1 amide bonds. The summed E-state index contributed by atoms with van der Waals surface area (Å²) in [5.74, 6) is -3.34. The molecule has 0 fully saturated rings. The van der Waals surface area contributed by atoms with E-state index in [0.717, 1.165) is 0 Å². The molecule has 0 bridgehead atoms. The minimum Gasteiger partial charge on any atom is -0.366 e. The summed E-state index contributed by atoms with van der Waals surface area (Å²) < 4.78 is 25.1.